The average molecular weight is 340 g/mol. The molecule has 7 heteroatoms. The van der Waals surface area contributed by atoms with Gasteiger partial charge in [0.15, 0.2) is 0 Å². The molecule has 2 N–H and O–H groups in total. The van der Waals surface area contributed by atoms with E-state index in [9.17, 15) is 14.9 Å². The van der Waals surface area contributed by atoms with Crippen molar-refractivity contribution in [3.05, 3.63) is 43.9 Å². The number of halogens is 1. The third kappa shape index (κ3) is 2.82. The fraction of sp³-hybridized carbons (Fsp3) is 0.308. The quantitative estimate of drug-likeness (QED) is 0.676. The molecule has 1 aliphatic heterocycles. The lowest BCUT2D eigenvalue weighted by Crippen LogP contribution is -2.30. The summed E-state index contributed by atoms with van der Waals surface area (Å²) in [4.78, 5) is 23.7. The minimum atomic E-state index is -0.671. The van der Waals surface area contributed by atoms with E-state index in [2.05, 4.69) is 15.9 Å². The first-order chi connectivity index (χ1) is 9.40. The van der Waals surface area contributed by atoms with Crippen LogP contribution in [0.3, 0.4) is 0 Å². The molecule has 0 saturated carbocycles. The van der Waals surface area contributed by atoms with Crippen molar-refractivity contribution in [1.29, 1.82) is 0 Å². The smallest absolute Gasteiger partial charge is 0.293 e. The van der Waals surface area contributed by atoms with E-state index in [0.717, 1.165) is 10.9 Å². The standard InChI is InChI=1S/C13H14BrN3O3/c1-8-4-5-16(7-10(8)14)11-3-2-9(13(15)18)6-12(11)17(19)20/h2-3,6H,4-5,7H2,1H3,(H2,15,18). The number of nitro benzene ring substituents is 1. The summed E-state index contributed by atoms with van der Waals surface area (Å²) < 4.78 is 1.04. The summed E-state index contributed by atoms with van der Waals surface area (Å²) >= 11 is 3.48. The van der Waals surface area contributed by atoms with Crippen LogP contribution in [0.2, 0.25) is 0 Å². The van der Waals surface area contributed by atoms with Gasteiger partial charge in [-0.05, 0) is 25.5 Å². The van der Waals surface area contributed by atoms with Crippen LogP contribution in [-0.2, 0) is 0 Å². The van der Waals surface area contributed by atoms with Gasteiger partial charge in [-0.1, -0.05) is 21.5 Å². The van der Waals surface area contributed by atoms with Gasteiger partial charge in [-0.3, -0.25) is 14.9 Å². The third-order valence-electron chi connectivity index (χ3n) is 3.35. The van der Waals surface area contributed by atoms with Crippen molar-refractivity contribution >= 4 is 33.2 Å². The second-order valence-electron chi connectivity index (χ2n) is 4.68. The molecule has 0 saturated heterocycles. The predicted molar refractivity (Wildman–Crippen MR) is 80.1 cm³/mol. The van der Waals surface area contributed by atoms with Crippen LogP contribution in [0.5, 0.6) is 0 Å². The Morgan fingerprint density at radius 1 is 1.50 bits per heavy atom. The molecule has 1 aromatic carbocycles. The van der Waals surface area contributed by atoms with Crippen molar-refractivity contribution in [2.45, 2.75) is 13.3 Å². The molecule has 6 nitrogen and oxygen atoms in total. The molecule has 0 aromatic heterocycles. The molecule has 20 heavy (non-hydrogen) atoms. The van der Waals surface area contributed by atoms with Gasteiger partial charge in [-0.15, -0.1) is 0 Å². The number of nitrogens with two attached hydrogens (primary N) is 1. The minimum Gasteiger partial charge on any atom is -0.366 e. The van der Waals surface area contributed by atoms with Crippen LogP contribution in [0.4, 0.5) is 11.4 Å². The Bertz CT molecular complexity index is 613. The second kappa shape index (κ2) is 5.62. The first kappa shape index (κ1) is 14.5. The monoisotopic (exact) mass is 339 g/mol. The van der Waals surface area contributed by atoms with Crippen LogP contribution in [0.15, 0.2) is 28.3 Å². The molecule has 0 aliphatic carbocycles. The second-order valence-corrected chi connectivity index (χ2v) is 5.64. The average Bonchev–Trinajstić information content (AvgIpc) is 2.41. The number of amides is 1. The summed E-state index contributed by atoms with van der Waals surface area (Å²) in [6.45, 7) is 3.33. The van der Waals surface area contributed by atoms with Crippen LogP contribution < -0.4 is 10.6 Å². The van der Waals surface area contributed by atoms with Gasteiger partial charge in [-0.25, -0.2) is 0 Å². The van der Waals surface area contributed by atoms with E-state index < -0.39 is 10.8 Å². The van der Waals surface area contributed by atoms with Gasteiger partial charge in [-0.2, -0.15) is 0 Å². The lowest BCUT2D eigenvalue weighted by Gasteiger charge is -2.29. The molecule has 1 amide bonds. The van der Waals surface area contributed by atoms with Gasteiger partial charge in [0, 0.05) is 29.2 Å². The number of rotatable bonds is 3. The van der Waals surface area contributed by atoms with Gasteiger partial charge in [0.05, 0.1) is 4.92 Å². The van der Waals surface area contributed by atoms with Crippen LogP contribution in [-0.4, -0.2) is 23.9 Å². The fourth-order valence-corrected chi connectivity index (χ4v) is 2.62. The van der Waals surface area contributed by atoms with E-state index in [1.165, 1.54) is 17.7 Å². The highest BCUT2D eigenvalue weighted by molar-refractivity contribution is 9.11. The molecule has 106 valence electrons. The van der Waals surface area contributed by atoms with E-state index in [1.54, 1.807) is 6.07 Å². The molecule has 2 rings (SSSR count). The predicted octanol–water partition coefficient (Wildman–Crippen LogP) is 2.57. The lowest BCUT2D eigenvalue weighted by atomic mass is 10.1. The Morgan fingerprint density at radius 3 is 2.75 bits per heavy atom. The molecule has 0 bridgehead atoms. The summed E-state index contributed by atoms with van der Waals surface area (Å²) in [5.41, 5.74) is 6.96. The van der Waals surface area contributed by atoms with Crippen molar-refractivity contribution < 1.29 is 9.72 Å². The maximum atomic E-state index is 11.2. The highest BCUT2D eigenvalue weighted by Gasteiger charge is 2.24. The minimum absolute atomic E-state index is 0.0962. The van der Waals surface area contributed by atoms with E-state index in [0.29, 0.717) is 18.8 Å². The van der Waals surface area contributed by atoms with Crippen molar-refractivity contribution in [2.75, 3.05) is 18.0 Å². The van der Waals surface area contributed by atoms with Crippen LogP contribution in [0, 0.1) is 10.1 Å². The SMILES string of the molecule is CC1=C(Br)CN(c2ccc(C(N)=O)cc2[N+](=O)[O-])CC1. The molecule has 0 spiro atoms. The molecule has 1 heterocycles. The largest absolute Gasteiger partial charge is 0.366 e. The van der Waals surface area contributed by atoms with Crippen molar-refractivity contribution in [2.24, 2.45) is 5.73 Å². The zero-order valence-corrected chi connectivity index (χ0v) is 12.5. The number of primary amides is 1. The molecular formula is C13H14BrN3O3. The molecule has 1 aliphatic rings. The Balaban J connectivity index is 2.42. The number of nitro groups is 1. The van der Waals surface area contributed by atoms with Crippen molar-refractivity contribution in [1.82, 2.24) is 0 Å². The van der Waals surface area contributed by atoms with Crippen molar-refractivity contribution in [3.8, 4) is 0 Å². The highest BCUT2D eigenvalue weighted by Crippen LogP contribution is 2.33. The van der Waals surface area contributed by atoms with Gasteiger partial charge < -0.3 is 10.6 Å². The van der Waals surface area contributed by atoms with Gasteiger partial charge in [0.2, 0.25) is 5.91 Å². The number of benzene rings is 1. The third-order valence-corrected chi connectivity index (χ3v) is 4.27. The lowest BCUT2D eigenvalue weighted by molar-refractivity contribution is -0.384. The van der Waals surface area contributed by atoms with Gasteiger partial charge in [0.25, 0.3) is 5.69 Å². The number of nitrogens with zero attached hydrogens (tertiary/aromatic N) is 2. The molecule has 1 aromatic rings. The van der Waals surface area contributed by atoms with Crippen LogP contribution in [0.25, 0.3) is 0 Å². The number of carbonyl (C=O) groups is 1. The van der Waals surface area contributed by atoms with Crippen molar-refractivity contribution in [3.63, 3.8) is 0 Å². The normalized spacial score (nSPS) is 15.4. The Labute approximate surface area is 124 Å². The Morgan fingerprint density at radius 2 is 2.20 bits per heavy atom. The summed E-state index contributed by atoms with van der Waals surface area (Å²) in [7, 11) is 0. The molecule has 0 unspecified atom stereocenters. The highest BCUT2D eigenvalue weighted by atomic mass is 79.9. The maximum Gasteiger partial charge on any atom is 0.293 e. The molecule has 0 radical (unpaired) electrons. The van der Waals surface area contributed by atoms with Crippen LogP contribution in [0.1, 0.15) is 23.7 Å². The molecular weight excluding hydrogens is 326 g/mol. The number of anilines is 1. The van der Waals surface area contributed by atoms with E-state index in [4.69, 9.17) is 5.73 Å². The summed E-state index contributed by atoms with van der Waals surface area (Å²) in [6, 6.07) is 4.33. The van der Waals surface area contributed by atoms with Crippen LogP contribution >= 0.6 is 15.9 Å². The van der Waals surface area contributed by atoms with E-state index in [1.807, 2.05) is 11.8 Å². The van der Waals surface area contributed by atoms with E-state index in [-0.39, 0.29) is 11.3 Å². The molecule has 0 atom stereocenters. The summed E-state index contributed by atoms with van der Waals surface area (Å²) in [5.74, 6) is -0.671. The summed E-state index contributed by atoms with van der Waals surface area (Å²) in [6.07, 6.45) is 0.843. The Hall–Kier alpha value is -1.89. The number of hydrogen-bond donors (Lipinski definition) is 1. The van der Waals surface area contributed by atoms with E-state index >= 15 is 0 Å². The fourth-order valence-electron chi connectivity index (χ4n) is 2.12. The Kier molecular flexibility index (Phi) is 4.08. The number of carbonyl (C=O) groups excluding carboxylic acids is 1. The molecule has 0 fully saturated rings. The first-order valence-electron chi connectivity index (χ1n) is 6.07. The summed E-state index contributed by atoms with van der Waals surface area (Å²) in [5, 5.41) is 11.2. The number of hydrogen-bond acceptors (Lipinski definition) is 4. The van der Waals surface area contributed by atoms with Gasteiger partial charge >= 0.3 is 0 Å². The first-order valence-corrected chi connectivity index (χ1v) is 6.86. The zero-order valence-electron chi connectivity index (χ0n) is 10.9. The zero-order chi connectivity index (χ0) is 14.9. The maximum absolute atomic E-state index is 11.2. The topological polar surface area (TPSA) is 89.5 Å². The van der Waals surface area contributed by atoms with Gasteiger partial charge in [0.1, 0.15) is 5.69 Å².